The number of aromatic nitrogens is 1. The number of carbonyl (C=O) groups excluding carboxylic acids is 1. The van der Waals surface area contributed by atoms with Gasteiger partial charge < -0.3 is 15.1 Å². The van der Waals surface area contributed by atoms with Crippen LogP contribution in [0.1, 0.15) is 23.4 Å². The number of nitrogens with one attached hydrogen (secondary N) is 1. The molecule has 1 N–H and O–H groups in total. The van der Waals surface area contributed by atoms with Gasteiger partial charge in [0.05, 0.1) is 5.01 Å². The van der Waals surface area contributed by atoms with E-state index in [1.54, 1.807) is 30.3 Å². The van der Waals surface area contributed by atoms with Crippen molar-refractivity contribution in [3.05, 3.63) is 52.5 Å². The maximum Gasteiger partial charge on any atom is 0.243 e. The van der Waals surface area contributed by atoms with Crippen LogP contribution in [0.4, 0.5) is 0 Å². The molecule has 0 saturated carbocycles. The third kappa shape index (κ3) is 7.02. The third-order valence-corrected chi connectivity index (χ3v) is 5.19. The molecule has 6 nitrogen and oxygen atoms in total. The monoisotopic (exact) mass is 387 g/mol. The van der Waals surface area contributed by atoms with E-state index in [-0.39, 0.29) is 12.5 Å². The summed E-state index contributed by atoms with van der Waals surface area (Å²) in [5.41, 5.74) is 1.27. The quantitative estimate of drug-likeness (QED) is 0.558. The maximum absolute atomic E-state index is 11.9. The predicted molar refractivity (Wildman–Crippen MR) is 112 cm³/mol. The van der Waals surface area contributed by atoms with Crippen LogP contribution < -0.4 is 5.32 Å². The maximum atomic E-state index is 11.9. The van der Waals surface area contributed by atoms with Crippen LogP contribution in [0.3, 0.4) is 0 Å². The van der Waals surface area contributed by atoms with E-state index < -0.39 is 0 Å². The van der Waals surface area contributed by atoms with E-state index in [0.717, 1.165) is 30.5 Å². The van der Waals surface area contributed by atoms with Gasteiger partial charge in [-0.25, -0.2) is 9.98 Å². The molecule has 1 aromatic heterocycles. The molecule has 1 heterocycles. The van der Waals surface area contributed by atoms with Crippen molar-refractivity contribution in [2.45, 2.75) is 19.3 Å². The molecule has 146 valence electrons. The van der Waals surface area contributed by atoms with Crippen LogP contribution in [0.2, 0.25) is 0 Å². The summed E-state index contributed by atoms with van der Waals surface area (Å²) in [6, 6.07) is 10.3. The zero-order valence-corrected chi connectivity index (χ0v) is 17.4. The molecule has 2 rings (SSSR count). The molecule has 1 unspecified atom stereocenters. The van der Waals surface area contributed by atoms with Crippen LogP contribution in [-0.2, 0) is 11.2 Å². The number of amides is 1. The van der Waals surface area contributed by atoms with Gasteiger partial charge in [0.25, 0.3) is 0 Å². The highest BCUT2D eigenvalue weighted by molar-refractivity contribution is 7.09. The summed E-state index contributed by atoms with van der Waals surface area (Å²) in [4.78, 5) is 24.5. The first kappa shape index (κ1) is 20.9. The first-order chi connectivity index (χ1) is 13.0. The van der Waals surface area contributed by atoms with Crippen molar-refractivity contribution in [2.75, 3.05) is 40.8 Å². The number of hydrogen-bond donors (Lipinski definition) is 1. The SMILES string of the molecule is CC(CN(C)C(=NCC(=O)N(C)C)NCCc1ccccc1)c1nccs1. The fraction of sp³-hybridized carbons (Fsp3) is 0.450. The minimum Gasteiger partial charge on any atom is -0.356 e. The lowest BCUT2D eigenvalue weighted by atomic mass is 10.1. The number of hydrogen-bond acceptors (Lipinski definition) is 4. The molecule has 7 heteroatoms. The molecular formula is C20H29N5OS. The summed E-state index contributed by atoms with van der Waals surface area (Å²) in [6.07, 6.45) is 2.73. The fourth-order valence-electron chi connectivity index (χ4n) is 2.61. The molecule has 0 radical (unpaired) electrons. The first-order valence-corrected chi connectivity index (χ1v) is 9.98. The molecule has 0 aliphatic rings. The molecule has 0 aliphatic heterocycles. The number of aliphatic imine (C=N–C) groups is 1. The summed E-state index contributed by atoms with van der Waals surface area (Å²) < 4.78 is 0. The van der Waals surface area contributed by atoms with Gasteiger partial charge >= 0.3 is 0 Å². The number of thiazole rings is 1. The Balaban J connectivity index is 1.99. The van der Waals surface area contributed by atoms with Crippen molar-refractivity contribution >= 4 is 23.2 Å². The van der Waals surface area contributed by atoms with Crippen molar-refractivity contribution in [2.24, 2.45) is 4.99 Å². The molecule has 0 saturated heterocycles. The smallest absolute Gasteiger partial charge is 0.243 e. The van der Waals surface area contributed by atoms with E-state index in [4.69, 9.17) is 0 Å². The molecular weight excluding hydrogens is 358 g/mol. The zero-order valence-electron chi connectivity index (χ0n) is 16.6. The van der Waals surface area contributed by atoms with Crippen molar-refractivity contribution < 1.29 is 4.79 Å². The highest BCUT2D eigenvalue weighted by atomic mass is 32.1. The number of rotatable bonds is 8. The van der Waals surface area contributed by atoms with E-state index in [1.807, 2.05) is 36.8 Å². The summed E-state index contributed by atoms with van der Waals surface area (Å²) in [6.45, 7) is 3.83. The van der Waals surface area contributed by atoms with Crippen LogP contribution in [0.5, 0.6) is 0 Å². The highest BCUT2D eigenvalue weighted by Crippen LogP contribution is 2.18. The number of likely N-dealkylation sites (N-methyl/N-ethyl adjacent to an activating group) is 2. The van der Waals surface area contributed by atoms with Gasteiger partial charge in [0.1, 0.15) is 6.54 Å². The Morgan fingerprint density at radius 2 is 2.00 bits per heavy atom. The van der Waals surface area contributed by atoms with Crippen molar-refractivity contribution in [3.63, 3.8) is 0 Å². The van der Waals surface area contributed by atoms with E-state index >= 15 is 0 Å². The molecule has 0 spiro atoms. The summed E-state index contributed by atoms with van der Waals surface area (Å²) in [7, 11) is 5.49. The average Bonchev–Trinajstić information content (AvgIpc) is 3.19. The predicted octanol–water partition coefficient (Wildman–Crippen LogP) is 2.45. The minimum absolute atomic E-state index is 0.0151. The summed E-state index contributed by atoms with van der Waals surface area (Å²) in [5, 5.41) is 6.50. The van der Waals surface area contributed by atoms with E-state index in [0.29, 0.717) is 5.92 Å². The highest BCUT2D eigenvalue weighted by Gasteiger charge is 2.15. The van der Waals surface area contributed by atoms with E-state index in [1.165, 1.54) is 5.56 Å². The lowest BCUT2D eigenvalue weighted by Crippen LogP contribution is -2.42. The summed E-state index contributed by atoms with van der Waals surface area (Å²) in [5.74, 6) is 1.02. The molecule has 27 heavy (non-hydrogen) atoms. The Kier molecular flexibility index (Phi) is 8.26. The Labute approximate surface area is 165 Å². The van der Waals surface area contributed by atoms with Gasteiger partial charge in [0.15, 0.2) is 5.96 Å². The van der Waals surface area contributed by atoms with Gasteiger partial charge in [-0.05, 0) is 12.0 Å². The molecule has 1 amide bonds. The van der Waals surface area contributed by atoms with Crippen LogP contribution >= 0.6 is 11.3 Å². The second-order valence-corrected chi connectivity index (χ2v) is 7.67. The van der Waals surface area contributed by atoms with E-state index in [2.05, 4.69) is 39.2 Å². The minimum atomic E-state index is -0.0151. The first-order valence-electron chi connectivity index (χ1n) is 9.10. The molecule has 0 aliphatic carbocycles. The van der Waals surface area contributed by atoms with Gasteiger partial charge in [-0.2, -0.15) is 0 Å². The Bertz CT molecular complexity index is 715. The number of guanidine groups is 1. The normalized spacial score (nSPS) is 12.5. The standard InChI is InChI=1S/C20H29N5OS/c1-16(19-21-12-13-27-19)15-25(4)20(23-14-18(26)24(2)3)22-11-10-17-8-6-5-7-9-17/h5-9,12-13,16H,10-11,14-15H2,1-4H3,(H,22,23). The Morgan fingerprint density at radius 1 is 1.26 bits per heavy atom. The van der Waals surface area contributed by atoms with Crippen molar-refractivity contribution in [1.29, 1.82) is 0 Å². The van der Waals surface area contributed by atoms with Gasteiger partial charge in [-0.15, -0.1) is 11.3 Å². The molecule has 1 aromatic carbocycles. The number of carbonyl (C=O) groups is 1. The zero-order chi connectivity index (χ0) is 19.6. The van der Waals surface area contributed by atoms with Gasteiger partial charge in [-0.3, -0.25) is 4.79 Å². The van der Waals surface area contributed by atoms with Gasteiger partial charge in [0, 0.05) is 51.7 Å². The van der Waals surface area contributed by atoms with Crippen LogP contribution in [0.25, 0.3) is 0 Å². The Hall–Kier alpha value is -2.41. The molecule has 0 bridgehead atoms. The molecule has 0 fully saturated rings. The van der Waals surface area contributed by atoms with E-state index in [9.17, 15) is 4.79 Å². The third-order valence-electron chi connectivity index (χ3n) is 4.18. The molecule has 2 aromatic rings. The molecule has 1 atom stereocenters. The van der Waals surface area contributed by atoms with Crippen LogP contribution in [-0.4, -0.2) is 67.4 Å². The average molecular weight is 388 g/mol. The topological polar surface area (TPSA) is 60.8 Å². The largest absolute Gasteiger partial charge is 0.356 e. The summed E-state index contributed by atoms with van der Waals surface area (Å²) >= 11 is 1.66. The Morgan fingerprint density at radius 3 is 2.63 bits per heavy atom. The number of nitrogens with zero attached hydrogens (tertiary/aromatic N) is 4. The van der Waals surface area contributed by atoms with Gasteiger partial charge in [0.2, 0.25) is 5.91 Å². The van der Waals surface area contributed by atoms with Crippen LogP contribution in [0.15, 0.2) is 46.9 Å². The lowest BCUT2D eigenvalue weighted by molar-refractivity contribution is -0.127. The second-order valence-electron chi connectivity index (χ2n) is 6.74. The second kappa shape index (κ2) is 10.7. The van der Waals surface area contributed by atoms with Crippen LogP contribution in [0, 0.1) is 0 Å². The number of benzene rings is 1. The van der Waals surface area contributed by atoms with Crippen molar-refractivity contribution in [1.82, 2.24) is 20.1 Å². The lowest BCUT2D eigenvalue weighted by Gasteiger charge is -2.25. The van der Waals surface area contributed by atoms with Crippen molar-refractivity contribution in [3.8, 4) is 0 Å². The van der Waals surface area contributed by atoms with Gasteiger partial charge in [-0.1, -0.05) is 37.3 Å². The fourth-order valence-corrected chi connectivity index (χ4v) is 3.30.